The van der Waals surface area contributed by atoms with Gasteiger partial charge in [0.1, 0.15) is 0 Å². The Morgan fingerprint density at radius 3 is 2.33 bits per heavy atom. The first-order valence-electron chi connectivity index (χ1n) is 9.28. The number of nitrogens with zero attached hydrogens (tertiary/aromatic N) is 1. The van der Waals surface area contributed by atoms with Gasteiger partial charge in [-0.15, -0.1) is 0 Å². The van der Waals surface area contributed by atoms with Crippen LogP contribution in [0.4, 0.5) is 0 Å². The lowest BCUT2D eigenvalue weighted by Gasteiger charge is -2.27. The number of primary amides is 1. The molecule has 0 heterocycles. The van der Waals surface area contributed by atoms with Crippen LogP contribution in [0.2, 0.25) is 0 Å². The molecule has 1 aromatic carbocycles. The van der Waals surface area contributed by atoms with Crippen LogP contribution >= 0.6 is 0 Å². The maximum absolute atomic E-state index is 12.9. The van der Waals surface area contributed by atoms with Gasteiger partial charge < -0.3 is 10.6 Å². The molecule has 2 amide bonds. The van der Waals surface area contributed by atoms with Crippen LogP contribution in [0.1, 0.15) is 60.9 Å². The lowest BCUT2D eigenvalue weighted by molar-refractivity contribution is -0.133. The second-order valence-corrected chi connectivity index (χ2v) is 7.95. The summed E-state index contributed by atoms with van der Waals surface area (Å²) < 4.78 is 0. The normalized spacial score (nSPS) is 28.1. The highest BCUT2D eigenvalue weighted by atomic mass is 16.2. The highest BCUT2D eigenvalue weighted by Crippen LogP contribution is 2.49. The van der Waals surface area contributed by atoms with E-state index in [1.54, 1.807) is 12.1 Å². The van der Waals surface area contributed by atoms with Gasteiger partial charge >= 0.3 is 0 Å². The van der Waals surface area contributed by atoms with Crippen molar-refractivity contribution < 1.29 is 9.59 Å². The Morgan fingerprint density at radius 1 is 1.04 bits per heavy atom. The van der Waals surface area contributed by atoms with Crippen LogP contribution in [0.15, 0.2) is 24.3 Å². The number of hydrogen-bond donors (Lipinski definition) is 1. The summed E-state index contributed by atoms with van der Waals surface area (Å²) in [7, 11) is 0. The molecule has 2 N–H and O–H groups in total. The summed E-state index contributed by atoms with van der Waals surface area (Å²) in [6, 6.07) is 7.76. The molecule has 3 fully saturated rings. The fourth-order valence-electron chi connectivity index (χ4n) is 4.75. The fourth-order valence-corrected chi connectivity index (χ4v) is 4.75. The lowest BCUT2D eigenvalue weighted by Crippen LogP contribution is -2.34. The zero-order valence-corrected chi connectivity index (χ0v) is 14.1. The van der Waals surface area contributed by atoms with Crippen molar-refractivity contribution in [2.75, 3.05) is 0 Å². The fraction of sp³-hybridized carbons (Fsp3) is 0.600. The molecule has 128 valence electrons. The van der Waals surface area contributed by atoms with Gasteiger partial charge in [-0.25, -0.2) is 0 Å². The van der Waals surface area contributed by atoms with Gasteiger partial charge in [0.2, 0.25) is 11.8 Å². The minimum atomic E-state index is -0.409. The van der Waals surface area contributed by atoms with Gasteiger partial charge in [0, 0.05) is 24.6 Å². The molecule has 3 aliphatic rings. The van der Waals surface area contributed by atoms with Gasteiger partial charge in [0.05, 0.1) is 0 Å². The minimum absolute atomic E-state index is 0.328. The Bertz CT molecular complexity index is 636. The molecule has 0 spiro atoms. The minimum Gasteiger partial charge on any atom is -0.366 e. The molecule has 3 saturated carbocycles. The molecule has 4 rings (SSSR count). The molecule has 3 atom stereocenters. The Kier molecular flexibility index (Phi) is 4.07. The highest BCUT2D eigenvalue weighted by molar-refractivity contribution is 5.92. The second kappa shape index (κ2) is 6.23. The van der Waals surface area contributed by atoms with E-state index >= 15 is 0 Å². The molecule has 24 heavy (non-hydrogen) atoms. The predicted molar refractivity (Wildman–Crippen MR) is 92.1 cm³/mol. The molecule has 4 nitrogen and oxygen atoms in total. The summed E-state index contributed by atoms with van der Waals surface area (Å²) >= 11 is 0. The van der Waals surface area contributed by atoms with Crippen molar-refractivity contribution in [2.24, 2.45) is 23.5 Å². The van der Waals surface area contributed by atoms with E-state index in [-0.39, 0.29) is 0 Å². The summed E-state index contributed by atoms with van der Waals surface area (Å²) in [5, 5.41) is 0. The Hall–Kier alpha value is -1.84. The van der Waals surface area contributed by atoms with Crippen LogP contribution < -0.4 is 5.73 Å². The first kappa shape index (κ1) is 15.7. The molecule has 3 aliphatic carbocycles. The van der Waals surface area contributed by atoms with E-state index in [1.165, 1.54) is 25.7 Å². The molecule has 1 aromatic rings. The van der Waals surface area contributed by atoms with Gasteiger partial charge in [-0.2, -0.15) is 0 Å². The van der Waals surface area contributed by atoms with Crippen molar-refractivity contribution in [3.63, 3.8) is 0 Å². The average molecular weight is 326 g/mol. The van der Waals surface area contributed by atoms with Gasteiger partial charge in [0.15, 0.2) is 0 Å². The lowest BCUT2D eigenvalue weighted by atomic mass is 9.86. The van der Waals surface area contributed by atoms with Gasteiger partial charge in [0.25, 0.3) is 0 Å². The highest BCUT2D eigenvalue weighted by Gasteiger charge is 2.42. The zero-order valence-electron chi connectivity index (χ0n) is 14.1. The number of benzene rings is 1. The van der Waals surface area contributed by atoms with Crippen LogP contribution in [0, 0.1) is 17.8 Å². The number of amides is 2. The molecular formula is C20H26N2O2. The maximum atomic E-state index is 12.9. The quantitative estimate of drug-likeness (QED) is 0.873. The van der Waals surface area contributed by atoms with E-state index in [2.05, 4.69) is 4.90 Å². The van der Waals surface area contributed by atoms with Crippen LogP contribution in [0.25, 0.3) is 0 Å². The molecular weight excluding hydrogens is 300 g/mol. The van der Waals surface area contributed by atoms with Crippen molar-refractivity contribution in [3.8, 4) is 0 Å². The van der Waals surface area contributed by atoms with Crippen LogP contribution in [-0.2, 0) is 11.3 Å². The third kappa shape index (κ3) is 3.19. The molecule has 0 saturated heterocycles. The maximum Gasteiger partial charge on any atom is 0.248 e. The van der Waals surface area contributed by atoms with E-state index in [4.69, 9.17) is 5.73 Å². The number of nitrogens with two attached hydrogens (primary N) is 1. The molecule has 4 heteroatoms. The standard InChI is InChI=1S/C20H26N2O2/c21-20(24)15-4-1-13(2-5-15)12-22(18-7-8-18)19(23)11-17-10-14-3-6-16(17)9-14/h1-2,4-5,14,16-18H,3,6-12H2,(H2,21,24)/t14-,16-,17-/m0/s1. The van der Waals surface area contributed by atoms with Crippen LogP contribution in [0.3, 0.4) is 0 Å². The van der Waals surface area contributed by atoms with Gasteiger partial charge in [-0.1, -0.05) is 18.6 Å². The first-order chi connectivity index (χ1) is 11.6. The number of carbonyl (C=O) groups excluding carboxylic acids is 2. The number of rotatable bonds is 6. The van der Waals surface area contributed by atoms with E-state index in [0.717, 1.165) is 36.7 Å². The Morgan fingerprint density at radius 2 is 1.79 bits per heavy atom. The molecule has 0 aromatic heterocycles. The third-order valence-electron chi connectivity index (χ3n) is 6.22. The topological polar surface area (TPSA) is 63.4 Å². The number of carbonyl (C=O) groups is 2. The summed E-state index contributed by atoms with van der Waals surface area (Å²) in [5.41, 5.74) is 6.88. The van der Waals surface area contributed by atoms with E-state index < -0.39 is 5.91 Å². The van der Waals surface area contributed by atoms with E-state index in [0.29, 0.717) is 30.0 Å². The van der Waals surface area contributed by atoms with Crippen molar-refractivity contribution >= 4 is 11.8 Å². The first-order valence-corrected chi connectivity index (χ1v) is 9.28. The van der Waals surface area contributed by atoms with E-state index in [9.17, 15) is 9.59 Å². The molecule has 0 radical (unpaired) electrons. The van der Waals surface area contributed by atoms with Crippen molar-refractivity contribution in [3.05, 3.63) is 35.4 Å². The third-order valence-corrected chi connectivity index (χ3v) is 6.22. The number of hydrogen-bond acceptors (Lipinski definition) is 2. The molecule has 2 bridgehead atoms. The van der Waals surface area contributed by atoms with Crippen molar-refractivity contribution in [1.29, 1.82) is 0 Å². The largest absolute Gasteiger partial charge is 0.366 e. The second-order valence-electron chi connectivity index (χ2n) is 7.95. The summed E-state index contributed by atoms with van der Waals surface area (Å²) in [6.07, 6.45) is 8.33. The average Bonchev–Trinajstić information content (AvgIpc) is 3.20. The molecule has 0 aliphatic heterocycles. The monoisotopic (exact) mass is 326 g/mol. The van der Waals surface area contributed by atoms with E-state index in [1.807, 2.05) is 12.1 Å². The zero-order chi connectivity index (χ0) is 16.7. The number of fused-ring (bicyclic) bond motifs is 2. The Balaban J connectivity index is 1.40. The summed E-state index contributed by atoms with van der Waals surface area (Å²) in [5.74, 6) is 2.23. The SMILES string of the molecule is NC(=O)c1ccc(CN(C(=O)C[C@@H]2C[C@H]3CC[C@H]2C3)C2CC2)cc1. The van der Waals surface area contributed by atoms with Crippen LogP contribution in [0.5, 0.6) is 0 Å². The van der Waals surface area contributed by atoms with Gasteiger partial charge in [-0.3, -0.25) is 9.59 Å². The molecule has 0 unspecified atom stereocenters. The van der Waals surface area contributed by atoms with Crippen molar-refractivity contribution in [2.45, 2.75) is 57.5 Å². The van der Waals surface area contributed by atoms with Crippen molar-refractivity contribution in [1.82, 2.24) is 4.90 Å². The Labute approximate surface area is 143 Å². The summed E-state index contributed by atoms with van der Waals surface area (Å²) in [4.78, 5) is 26.1. The van der Waals surface area contributed by atoms with Crippen LogP contribution in [-0.4, -0.2) is 22.8 Å². The van der Waals surface area contributed by atoms with Gasteiger partial charge in [-0.05, 0) is 67.6 Å². The smallest absolute Gasteiger partial charge is 0.248 e. The predicted octanol–water partition coefficient (Wildman–Crippen LogP) is 3.10. The summed E-state index contributed by atoms with van der Waals surface area (Å²) in [6.45, 7) is 0.656.